The fraction of sp³-hybridized carbons (Fsp3) is 0.429. The molecule has 1 atom stereocenters. The summed E-state index contributed by atoms with van der Waals surface area (Å²) in [6.45, 7) is 6.73. The SMILES string of the molecule is CCC(C)(C)C1CCC(C(Cc2ccc(C(=O)NCCS(=O)(=O)O)cc2)C(=O)Nc2ccc(-c3ccc(Cl)cc3Cl)cc2)CC1. The van der Waals surface area contributed by atoms with Crippen LogP contribution < -0.4 is 10.6 Å². The first-order chi connectivity index (χ1) is 21.3. The third-order valence-electron chi connectivity index (χ3n) is 9.41. The molecule has 2 amide bonds. The summed E-state index contributed by atoms with van der Waals surface area (Å²) in [6, 6.07) is 20.0. The Labute approximate surface area is 276 Å². The van der Waals surface area contributed by atoms with E-state index >= 15 is 0 Å². The lowest BCUT2D eigenvalue weighted by molar-refractivity contribution is -0.122. The number of halogens is 2. The largest absolute Gasteiger partial charge is 0.351 e. The van der Waals surface area contributed by atoms with Crippen molar-refractivity contribution >= 4 is 50.8 Å². The molecule has 3 aromatic rings. The lowest BCUT2D eigenvalue weighted by Crippen LogP contribution is -2.36. The predicted octanol–water partition coefficient (Wildman–Crippen LogP) is 8.32. The number of nitrogens with one attached hydrogen (secondary N) is 2. The molecule has 0 saturated heterocycles. The van der Waals surface area contributed by atoms with Crippen molar-refractivity contribution in [1.82, 2.24) is 5.32 Å². The number of rotatable bonds is 12. The Morgan fingerprint density at radius 1 is 0.956 bits per heavy atom. The van der Waals surface area contributed by atoms with Crippen molar-refractivity contribution in [2.75, 3.05) is 17.6 Å². The standard InChI is InChI=1S/C35H42Cl2N2O5S/c1-4-35(2,3)27-13-9-25(10-14-27)31(21-23-5-7-26(8-6-23)33(40)38-19-20-45(42,43)44)34(41)39-29-16-11-24(12-17-29)30-18-15-28(36)22-32(30)37/h5-8,11-12,15-18,22,25,27,31H,4,9-10,13-14,19-21H2,1-3H3,(H,38,40)(H,39,41)(H,42,43,44). The first kappa shape index (κ1) is 35.0. The van der Waals surface area contributed by atoms with Crippen LogP contribution in [0.5, 0.6) is 0 Å². The van der Waals surface area contributed by atoms with Gasteiger partial charge in [-0.3, -0.25) is 14.1 Å². The summed E-state index contributed by atoms with van der Waals surface area (Å²) in [6.07, 6.45) is 5.80. The average Bonchev–Trinajstić information content (AvgIpc) is 3.00. The van der Waals surface area contributed by atoms with Crippen molar-refractivity contribution in [2.24, 2.45) is 23.2 Å². The van der Waals surface area contributed by atoms with E-state index in [1.54, 1.807) is 24.3 Å². The maximum absolute atomic E-state index is 13.9. The van der Waals surface area contributed by atoms with Crippen molar-refractivity contribution in [3.8, 4) is 11.1 Å². The highest BCUT2D eigenvalue weighted by molar-refractivity contribution is 7.85. The van der Waals surface area contributed by atoms with Gasteiger partial charge < -0.3 is 10.6 Å². The van der Waals surface area contributed by atoms with E-state index < -0.39 is 21.8 Å². The van der Waals surface area contributed by atoms with Gasteiger partial charge in [0.15, 0.2) is 0 Å². The second-order valence-electron chi connectivity index (χ2n) is 12.7. The van der Waals surface area contributed by atoms with Crippen LogP contribution in [0.2, 0.25) is 10.0 Å². The van der Waals surface area contributed by atoms with Crippen LogP contribution in [-0.4, -0.2) is 37.1 Å². The molecule has 242 valence electrons. The van der Waals surface area contributed by atoms with Gasteiger partial charge in [-0.1, -0.05) is 80.7 Å². The second kappa shape index (κ2) is 15.1. The van der Waals surface area contributed by atoms with E-state index in [2.05, 4.69) is 31.4 Å². The van der Waals surface area contributed by atoms with Crippen molar-refractivity contribution in [3.63, 3.8) is 0 Å². The first-order valence-corrected chi connectivity index (χ1v) is 17.8. The fourth-order valence-electron chi connectivity index (χ4n) is 6.20. The molecule has 1 aliphatic rings. The molecular formula is C35H42Cl2N2O5S. The quantitative estimate of drug-likeness (QED) is 0.168. The molecule has 3 aromatic carbocycles. The summed E-state index contributed by atoms with van der Waals surface area (Å²) in [7, 11) is -4.16. The molecule has 10 heteroatoms. The number of hydrogen-bond donors (Lipinski definition) is 3. The Bertz CT molecular complexity index is 1580. The van der Waals surface area contributed by atoms with E-state index in [1.807, 2.05) is 42.5 Å². The Balaban J connectivity index is 1.48. The van der Waals surface area contributed by atoms with Crippen LogP contribution in [0.1, 0.15) is 68.8 Å². The first-order valence-electron chi connectivity index (χ1n) is 15.4. The number of carbonyl (C=O) groups excluding carboxylic acids is 2. The number of benzene rings is 3. The van der Waals surface area contributed by atoms with Gasteiger partial charge in [0, 0.05) is 39.3 Å². The summed E-state index contributed by atoms with van der Waals surface area (Å²) in [4.78, 5) is 26.3. The van der Waals surface area contributed by atoms with E-state index in [0.29, 0.717) is 33.6 Å². The fourth-order valence-corrected chi connectivity index (χ4v) is 7.08. The van der Waals surface area contributed by atoms with Crippen LogP contribution in [-0.2, 0) is 21.3 Å². The molecule has 0 spiro atoms. The van der Waals surface area contributed by atoms with E-state index in [1.165, 1.54) is 0 Å². The highest BCUT2D eigenvalue weighted by atomic mass is 35.5. The minimum Gasteiger partial charge on any atom is -0.351 e. The Morgan fingerprint density at radius 2 is 1.60 bits per heavy atom. The van der Waals surface area contributed by atoms with Crippen LogP contribution in [0.15, 0.2) is 66.7 Å². The Hall–Kier alpha value is -2.91. The Morgan fingerprint density at radius 3 is 2.18 bits per heavy atom. The Kier molecular flexibility index (Phi) is 11.7. The zero-order valence-corrected chi connectivity index (χ0v) is 28.3. The van der Waals surface area contributed by atoms with Crippen LogP contribution in [0.4, 0.5) is 5.69 Å². The van der Waals surface area contributed by atoms with Crippen molar-refractivity contribution < 1.29 is 22.6 Å². The highest BCUT2D eigenvalue weighted by Crippen LogP contribution is 2.44. The molecule has 45 heavy (non-hydrogen) atoms. The minimum atomic E-state index is -4.16. The summed E-state index contributed by atoms with van der Waals surface area (Å²) < 4.78 is 30.8. The van der Waals surface area contributed by atoms with Gasteiger partial charge in [0.05, 0.1) is 5.75 Å². The molecule has 0 aliphatic heterocycles. The summed E-state index contributed by atoms with van der Waals surface area (Å²) >= 11 is 12.5. The van der Waals surface area contributed by atoms with Gasteiger partial charge in [-0.05, 0) is 96.9 Å². The average molecular weight is 674 g/mol. The molecule has 1 unspecified atom stereocenters. The molecule has 3 N–H and O–H groups in total. The molecule has 1 saturated carbocycles. The normalized spacial score (nSPS) is 17.8. The zero-order chi connectivity index (χ0) is 32.8. The molecule has 0 aromatic heterocycles. The molecule has 0 bridgehead atoms. The zero-order valence-electron chi connectivity index (χ0n) is 26.0. The van der Waals surface area contributed by atoms with Crippen LogP contribution in [0.25, 0.3) is 11.1 Å². The predicted molar refractivity (Wildman–Crippen MR) is 182 cm³/mol. The molecular weight excluding hydrogens is 631 g/mol. The van der Waals surface area contributed by atoms with Gasteiger partial charge >= 0.3 is 0 Å². The highest BCUT2D eigenvalue weighted by Gasteiger charge is 2.36. The van der Waals surface area contributed by atoms with Gasteiger partial charge in [-0.2, -0.15) is 8.42 Å². The summed E-state index contributed by atoms with van der Waals surface area (Å²) in [5.41, 5.74) is 4.07. The molecule has 4 rings (SSSR count). The number of anilines is 1. The lowest BCUT2D eigenvalue weighted by Gasteiger charge is -2.40. The summed E-state index contributed by atoms with van der Waals surface area (Å²) in [5.74, 6) is -0.409. The molecule has 0 heterocycles. The number of amides is 2. The van der Waals surface area contributed by atoms with Crippen molar-refractivity contribution in [1.29, 1.82) is 0 Å². The van der Waals surface area contributed by atoms with Gasteiger partial charge in [0.25, 0.3) is 16.0 Å². The molecule has 1 aliphatic carbocycles. The maximum atomic E-state index is 13.9. The van der Waals surface area contributed by atoms with Crippen LogP contribution in [0, 0.1) is 23.2 Å². The van der Waals surface area contributed by atoms with Crippen LogP contribution >= 0.6 is 23.2 Å². The molecule has 0 radical (unpaired) electrons. The molecule has 1 fully saturated rings. The second-order valence-corrected chi connectivity index (χ2v) is 15.1. The number of carbonyl (C=O) groups is 2. The van der Waals surface area contributed by atoms with Crippen molar-refractivity contribution in [2.45, 2.75) is 59.3 Å². The summed E-state index contributed by atoms with van der Waals surface area (Å²) in [5, 5.41) is 6.78. The van der Waals surface area contributed by atoms with E-state index in [4.69, 9.17) is 27.8 Å². The van der Waals surface area contributed by atoms with E-state index in [9.17, 15) is 18.0 Å². The van der Waals surface area contributed by atoms with Gasteiger partial charge in [0.2, 0.25) is 5.91 Å². The van der Waals surface area contributed by atoms with E-state index in [0.717, 1.165) is 48.8 Å². The van der Waals surface area contributed by atoms with E-state index in [-0.39, 0.29) is 29.7 Å². The van der Waals surface area contributed by atoms with Crippen LogP contribution in [0.3, 0.4) is 0 Å². The van der Waals surface area contributed by atoms with Gasteiger partial charge in [0.1, 0.15) is 0 Å². The monoisotopic (exact) mass is 672 g/mol. The topological polar surface area (TPSA) is 113 Å². The third kappa shape index (κ3) is 9.79. The maximum Gasteiger partial charge on any atom is 0.266 e. The van der Waals surface area contributed by atoms with Crippen molar-refractivity contribution in [3.05, 3.63) is 87.9 Å². The smallest absolute Gasteiger partial charge is 0.266 e. The van der Waals surface area contributed by atoms with Gasteiger partial charge in [-0.25, -0.2) is 0 Å². The molecule has 7 nitrogen and oxygen atoms in total. The number of hydrogen-bond acceptors (Lipinski definition) is 4. The third-order valence-corrected chi connectivity index (χ3v) is 10.7. The minimum absolute atomic E-state index is 0.0301. The van der Waals surface area contributed by atoms with Gasteiger partial charge in [-0.15, -0.1) is 0 Å². The lowest BCUT2D eigenvalue weighted by atomic mass is 9.65.